The molecule has 2 aromatic carbocycles. The molecule has 2 atom stereocenters. The summed E-state index contributed by atoms with van der Waals surface area (Å²) in [5.41, 5.74) is 2.79. The van der Waals surface area contributed by atoms with E-state index in [2.05, 4.69) is 111 Å². The zero-order valence-corrected chi connectivity index (χ0v) is 19.4. The molecule has 0 spiro atoms. The second kappa shape index (κ2) is 10.7. The zero-order chi connectivity index (χ0) is 21.4. The predicted molar refractivity (Wildman–Crippen MR) is 129 cm³/mol. The van der Waals surface area contributed by atoms with Crippen molar-refractivity contribution < 1.29 is 0 Å². The van der Waals surface area contributed by atoms with Crippen LogP contribution >= 0.6 is 0 Å². The highest BCUT2D eigenvalue weighted by Crippen LogP contribution is 2.46. The fourth-order valence-corrected chi connectivity index (χ4v) is 5.26. The van der Waals surface area contributed by atoms with Gasteiger partial charge in [-0.1, -0.05) is 93.8 Å². The van der Waals surface area contributed by atoms with Gasteiger partial charge in [-0.15, -0.1) is 0 Å². The topological polar surface area (TPSA) is 6.48 Å². The van der Waals surface area contributed by atoms with Crippen molar-refractivity contribution in [1.29, 1.82) is 0 Å². The van der Waals surface area contributed by atoms with E-state index in [4.69, 9.17) is 0 Å². The van der Waals surface area contributed by atoms with E-state index in [9.17, 15) is 0 Å². The molecule has 0 aliphatic carbocycles. The average molecular weight is 405 g/mol. The molecule has 1 aliphatic heterocycles. The van der Waals surface area contributed by atoms with E-state index in [1.807, 2.05) is 0 Å². The molecule has 0 saturated heterocycles. The van der Waals surface area contributed by atoms with Crippen molar-refractivity contribution in [1.82, 2.24) is 9.80 Å². The Morgan fingerprint density at radius 1 is 0.800 bits per heavy atom. The summed E-state index contributed by atoms with van der Waals surface area (Å²) in [6.07, 6.45) is 12.1. The largest absolute Gasteiger partial charge is 0.353 e. The van der Waals surface area contributed by atoms with Crippen molar-refractivity contribution in [2.45, 2.75) is 83.8 Å². The van der Waals surface area contributed by atoms with E-state index in [-0.39, 0.29) is 5.66 Å². The van der Waals surface area contributed by atoms with Gasteiger partial charge in [0.15, 0.2) is 0 Å². The summed E-state index contributed by atoms with van der Waals surface area (Å²) in [7, 11) is 0. The summed E-state index contributed by atoms with van der Waals surface area (Å²) < 4.78 is 0. The van der Waals surface area contributed by atoms with Crippen molar-refractivity contribution in [3.63, 3.8) is 0 Å². The van der Waals surface area contributed by atoms with Gasteiger partial charge >= 0.3 is 0 Å². The van der Waals surface area contributed by atoms with Gasteiger partial charge in [0, 0.05) is 37.3 Å². The highest BCUT2D eigenvalue weighted by molar-refractivity contribution is 5.30. The lowest BCUT2D eigenvalue weighted by Gasteiger charge is -2.53. The Hall–Kier alpha value is -2.22. The molecule has 0 saturated carbocycles. The third-order valence-corrected chi connectivity index (χ3v) is 6.64. The van der Waals surface area contributed by atoms with Crippen LogP contribution in [0.2, 0.25) is 0 Å². The second-order valence-corrected chi connectivity index (χ2v) is 8.97. The minimum atomic E-state index is -0.0716. The molecule has 2 nitrogen and oxygen atoms in total. The van der Waals surface area contributed by atoms with Gasteiger partial charge in [-0.2, -0.15) is 0 Å². The van der Waals surface area contributed by atoms with Gasteiger partial charge in [-0.3, -0.25) is 0 Å². The fraction of sp³-hybridized carbons (Fsp3) is 0.500. The Bertz CT molecular complexity index is 768. The first-order valence-electron chi connectivity index (χ1n) is 12.0. The Kier molecular flexibility index (Phi) is 8.01. The molecule has 1 aliphatic rings. The second-order valence-electron chi connectivity index (χ2n) is 8.97. The van der Waals surface area contributed by atoms with Crippen LogP contribution in [0.3, 0.4) is 0 Å². The van der Waals surface area contributed by atoms with Crippen LogP contribution in [0.4, 0.5) is 0 Å². The smallest absolute Gasteiger partial charge is 0.123 e. The molecule has 2 aromatic rings. The number of benzene rings is 2. The fourth-order valence-electron chi connectivity index (χ4n) is 5.26. The van der Waals surface area contributed by atoms with Crippen molar-refractivity contribution in [2.24, 2.45) is 0 Å². The van der Waals surface area contributed by atoms with E-state index in [0.717, 1.165) is 19.4 Å². The summed E-state index contributed by atoms with van der Waals surface area (Å²) >= 11 is 0. The molecule has 0 bridgehead atoms. The highest BCUT2D eigenvalue weighted by Gasteiger charge is 2.50. The third-order valence-electron chi connectivity index (χ3n) is 6.64. The Morgan fingerprint density at radius 3 is 2.07 bits per heavy atom. The van der Waals surface area contributed by atoms with Gasteiger partial charge in [0.25, 0.3) is 0 Å². The molecule has 0 fully saturated rings. The molecule has 162 valence electrons. The van der Waals surface area contributed by atoms with E-state index >= 15 is 0 Å². The summed E-state index contributed by atoms with van der Waals surface area (Å²) in [6, 6.07) is 22.7. The van der Waals surface area contributed by atoms with Crippen LogP contribution in [0, 0.1) is 0 Å². The number of nitrogens with zero attached hydrogens (tertiary/aromatic N) is 2. The zero-order valence-electron chi connectivity index (χ0n) is 19.4. The first-order chi connectivity index (χ1) is 14.6. The normalized spacial score (nSPS) is 19.6. The number of hydrogen-bond acceptors (Lipinski definition) is 2. The molecular formula is C28H40N2. The highest BCUT2D eigenvalue weighted by atomic mass is 15.4. The SMILES string of the molecule is CCCCCCN1C=CN(C(C)C)C1(Cc1ccccc1)C(CC)c1ccccc1. The van der Waals surface area contributed by atoms with E-state index in [1.165, 1.54) is 36.8 Å². The van der Waals surface area contributed by atoms with Crippen molar-refractivity contribution in [2.75, 3.05) is 6.54 Å². The van der Waals surface area contributed by atoms with Crippen LogP contribution < -0.4 is 0 Å². The summed E-state index contributed by atoms with van der Waals surface area (Å²) in [5.74, 6) is 0.433. The Balaban J connectivity index is 2.05. The number of rotatable bonds is 11. The monoisotopic (exact) mass is 404 g/mol. The molecule has 2 unspecified atom stereocenters. The first kappa shape index (κ1) is 22.5. The molecule has 0 amide bonds. The van der Waals surface area contributed by atoms with Crippen LogP contribution in [-0.2, 0) is 6.42 Å². The third kappa shape index (κ3) is 4.74. The van der Waals surface area contributed by atoms with Gasteiger partial charge < -0.3 is 9.80 Å². The van der Waals surface area contributed by atoms with Crippen LogP contribution in [0.5, 0.6) is 0 Å². The van der Waals surface area contributed by atoms with Crippen LogP contribution in [0.1, 0.15) is 76.8 Å². The molecule has 0 radical (unpaired) electrons. The molecule has 0 aromatic heterocycles. The van der Waals surface area contributed by atoms with E-state index < -0.39 is 0 Å². The van der Waals surface area contributed by atoms with Gasteiger partial charge in [-0.05, 0) is 37.8 Å². The first-order valence-corrected chi connectivity index (χ1v) is 12.0. The maximum Gasteiger partial charge on any atom is 0.123 e. The molecule has 3 rings (SSSR count). The average Bonchev–Trinajstić information content (AvgIpc) is 3.12. The Labute approximate surface area is 184 Å². The minimum absolute atomic E-state index is 0.0716. The maximum atomic E-state index is 2.68. The molecule has 30 heavy (non-hydrogen) atoms. The summed E-state index contributed by atoms with van der Waals surface area (Å²) in [6.45, 7) is 10.4. The van der Waals surface area contributed by atoms with Crippen LogP contribution in [-0.4, -0.2) is 28.0 Å². The standard InChI is InChI=1S/C28H40N2/c1-5-7-8-15-20-29-21-22-30(24(3)4)28(29,23-25-16-11-9-12-17-25)27(6-2)26-18-13-10-14-19-26/h9-14,16-19,21-22,24,27H,5-8,15,20,23H2,1-4H3. The molecule has 0 N–H and O–H groups in total. The van der Waals surface area contributed by atoms with Gasteiger partial charge in [-0.25, -0.2) is 0 Å². The summed E-state index contributed by atoms with van der Waals surface area (Å²) in [4.78, 5) is 5.32. The molecule has 1 heterocycles. The maximum absolute atomic E-state index is 2.68. The molecular weight excluding hydrogens is 364 g/mol. The lowest BCUT2D eigenvalue weighted by atomic mass is 9.77. The van der Waals surface area contributed by atoms with Crippen LogP contribution in [0.25, 0.3) is 0 Å². The van der Waals surface area contributed by atoms with Gasteiger partial charge in [0.1, 0.15) is 5.66 Å². The quantitative estimate of drug-likeness (QED) is 0.365. The van der Waals surface area contributed by atoms with Crippen molar-refractivity contribution >= 4 is 0 Å². The number of hydrogen-bond donors (Lipinski definition) is 0. The Morgan fingerprint density at radius 2 is 1.47 bits per heavy atom. The predicted octanol–water partition coefficient (Wildman–Crippen LogP) is 7.20. The molecule has 2 heteroatoms. The lowest BCUT2D eigenvalue weighted by Crippen LogP contribution is -2.60. The minimum Gasteiger partial charge on any atom is -0.353 e. The van der Waals surface area contributed by atoms with Gasteiger partial charge in [0.2, 0.25) is 0 Å². The van der Waals surface area contributed by atoms with E-state index in [1.54, 1.807) is 0 Å². The van der Waals surface area contributed by atoms with Crippen molar-refractivity contribution in [3.05, 3.63) is 84.2 Å². The lowest BCUT2D eigenvalue weighted by molar-refractivity contribution is -0.0191. The van der Waals surface area contributed by atoms with Crippen LogP contribution in [0.15, 0.2) is 73.1 Å². The summed E-state index contributed by atoms with van der Waals surface area (Å²) in [5, 5.41) is 0. The van der Waals surface area contributed by atoms with Crippen molar-refractivity contribution in [3.8, 4) is 0 Å². The number of unbranched alkanes of at least 4 members (excludes halogenated alkanes) is 3. The van der Waals surface area contributed by atoms with E-state index in [0.29, 0.717) is 12.0 Å². The van der Waals surface area contributed by atoms with Gasteiger partial charge in [0.05, 0.1) is 0 Å².